The maximum Gasteiger partial charge on any atom is 0.326 e. The number of carbonyl (C=O) groups is 2. The van der Waals surface area contributed by atoms with E-state index in [1.807, 2.05) is 13.8 Å². The molecule has 8 heteroatoms. The standard InChI is InChI=1S/C18H28N2O4S.C4H10O/c1-11(16(21)20-4-2-3-15(20)17(22)23)19-25(24)18-8-12-5-13(9-18)7-14(6-12)10-18;1-3-5-4-2/h11-15,19H,2-10H2,1H3,(H,22,23);3-4H2,1-2H3/t11-,12?,13?,14?,15-,18?,25?;/m0./s1. The number of carboxylic acids is 1. The van der Waals surface area contributed by atoms with Gasteiger partial charge in [-0.1, -0.05) is 0 Å². The van der Waals surface area contributed by atoms with Crippen LogP contribution >= 0.6 is 0 Å². The Morgan fingerprint density at radius 1 is 1.17 bits per heavy atom. The van der Waals surface area contributed by atoms with Gasteiger partial charge < -0.3 is 19.3 Å². The predicted octanol–water partition coefficient (Wildman–Crippen LogP) is 2.72. The second kappa shape index (κ2) is 10.2. The minimum Gasteiger partial charge on any atom is -0.598 e. The van der Waals surface area contributed by atoms with Crippen LogP contribution in [0.3, 0.4) is 0 Å². The molecule has 4 aliphatic carbocycles. The number of carbonyl (C=O) groups excluding carboxylic acids is 1. The minimum atomic E-state index is -1.24. The van der Waals surface area contributed by atoms with E-state index in [9.17, 15) is 19.2 Å². The largest absolute Gasteiger partial charge is 0.598 e. The fraction of sp³-hybridized carbons (Fsp3) is 0.909. The molecule has 5 aliphatic rings. The van der Waals surface area contributed by atoms with Crippen molar-refractivity contribution >= 4 is 23.2 Å². The van der Waals surface area contributed by atoms with Crippen LogP contribution in [0.15, 0.2) is 0 Å². The number of amides is 1. The quantitative estimate of drug-likeness (QED) is 0.588. The molecule has 1 heterocycles. The van der Waals surface area contributed by atoms with Gasteiger partial charge in [0.2, 0.25) is 5.91 Å². The Bertz CT molecular complexity index is 579. The molecule has 3 atom stereocenters. The summed E-state index contributed by atoms with van der Waals surface area (Å²) in [5.74, 6) is 0.942. The first-order valence-electron chi connectivity index (χ1n) is 11.6. The summed E-state index contributed by atoms with van der Waals surface area (Å²) in [6, 6.07) is -1.33. The van der Waals surface area contributed by atoms with Crippen LogP contribution in [-0.2, 0) is 25.7 Å². The molecule has 0 radical (unpaired) electrons. The van der Waals surface area contributed by atoms with E-state index < -0.39 is 29.4 Å². The first kappa shape index (κ1) is 23.8. The Balaban J connectivity index is 0.000000461. The highest BCUT2D eigenvalue weighted by Gasteiger charge is 2.58. The molecule has 7 nitrogen and oxygen atoms in total. The van der Waals surface area contributed by atoms with Crippen LogP contribution in [0.1, 0.15) is 72.1 Å². The third-order valence-corrected chi connectivity index (χ3v) is 9.11. The van der Waals surface area contributed by atoms with E-state index in [4.69, 9.17) is 4.74 Å². The Labute approximate surface area is 183 Å². The van der Waals surface area contributed by atoms with Gasteiger partial charge in [-0.3, -0.25) is 4.79 Å². The lowest BCUT2D eigenvalue weighted by Crippen LogP contribution is -2.60. The van der Waals surface area contributed by atoms with Crippen molar-refractivity contribution in [2.75, 3.05) is 19.8 Å². The highest BCUT2D eigenvalue weighted by Crippen LogP contribution is 2.58. The second-order valence-corrected chi connectivity index (χ2v) is 11.2. The lowest BCUT2D eigenvalue weighted by Gasteiger charge is -2.55. The monoisotopic (exact) mass is 442 g/mol. The average Bonchev–Trinajstić information content (AvgIpc) is 3.17. The van der Waals surface area contributed by atoms with Gasteiger partial charge in [0.05, 0.1) is 0 Å². The zero-order chi connectivity index (χ0) is 21.9. The van der Waals surface area contributed by atoms with Crippen molar-refractivity contribution in [3.05, 3.63) is 0 Å². The summed E-state index contributed by atoms with van der Waals surface area (Å²) < 4.78 is 20.9. The van der Waals surface area contributed by atoms with Crippen molar-refractivity contribution in [3.8, 4) is 0 Å². The number of ether oxygens (including phenoxy) is 1. The smallest absolute Gasteiger partial charge is 0.326 e. The molecule has 1 unspecified atom stereocenters. The van der Waals surface area contributed by atoms with Crippen LogP contribution in [0, 0.1) is 17.8 Å². The SMILES string of the molecule is CCOCC.C[C@H](N[S+]([O-])C12CC3CC(CC(C3)C1)C2)C(=O)N1CCC[C@H]1C(=O)O. The van der Waals surface area contributed by atoms with Crippen LogP contribution in [0.2, 0.25) is 0 Å². The van der Waals surface area contributed by atoms with Crippen molar-refractivity contribution < 1.29 is 24.0 Å². The van der Waals surface area contributed by atoms with E-state index in [1.54, 1.807) is 6.92 Å². The number of likely N-dealkylation sites (tertiary alicyclic amines) is 1. The first-order chi connectivity index (χ1) is 14.3. The molecular weight excluding hydrogens is 404 g/mol. The van der Waals surface area contributed by atoms with Gasteiger partial charge in [0.15, 0.2) is 0 Å². The van der Waals surface area contributed by atoms with Crippen LogP contribution in [0.25, 0.3) is 0 Å². The van der Waals surface area contributed by atoms with Gasteiger partial charge in [0, 0.05) is 50.4 Å². The molecule has 0 spiro atoms. The van der Waals surface area contributed by atoms with E-state index in [-0.39, 0.29) is 10.7 Å². The van der Waals surface area contributed by atoms with E-state index in [1.165, 1.54) is 24.2 Å². The number of aliphatic carboxylic acids is 1. The van der Waals surface area contributed by atoms with Crippen molar-refractivity contribution in [3.63, 3.8) is 0 Å². The Morgan fingerprint density at radius 3 is 2.13 bits per heavy atom. The third-order valence-electron chi connectivity index (χ3n) is 7.26. The first-order valence-corrected chi connectivity index (χ1v) is 12.7. The maximum absolute atomic E-state index is 13.2. The molecule has 2 N–H and O–H groups in total. The molecule has 0 aromatic rings. The van der Waals surface area contributed by atoms with Gasteiger partial charge in [-0.15, -0.1) is 4.72 Å². The van der Waals surface area contributed by atoms with Gasteiger partial charge in [0.1, 0.15) is 16.8 Å². The maximum atomic E-state index is 13.2. The highest BCUT2D eigenvalue weighted by molar-refractivity contribution is 7.91. The molecule has 1 saturated heterocycles. The van der Waals surface area contributed by atoms with E-state index in [0.29, 0.717) is 37.1 Å². The van der Waals surface area contributed by atoms with Crippen LogP contribution in [0.4, 0.5) is 0 Å². The van der Waals surface area contributed by atoms with E-state index >= 15 is 0 Å². The molecular formula is C22H38N2O5S. The molecule has 1 amide bonds. The normalized spacial score (nSPS) is 36.2. The molecule has 4 bridgehead atoms. The van der Waals surface area contributed by atoms with Crippen LogP contribution < -0.4 is 4.72 Å². The summed E-state index contributed by atoms with van der Waals surface area (Å²) in [6.45, 7) is 7.86. The summed E-state index contributed by atoms with van der Waals surface area (Å²) >= 11 is -1.24. The highest BCUT2D eigenvalue weighted by atomic mass is 32.2. The molecule has 1 aliphatic heterocycles. The molecule has 4 saturated carbocycles. The summed E-state index contributed by atoms with van der Waals surface area (Å²) in [6.07, 6.45) is 8.14. The predicted molar refractivity (Wildman–Crippen MR) is 116 cm³/mol. The number of hydrogen-bond acceptors (Lipinski definition) is 5. The number of hydrogen-bond donors (Lipinski definition) is 2. The van der Waals surface area contributed by atoms with Crippen molar-refractivity contribution in [1.82, 2.24) is 9.62 Å². The lowest BCUT2D eigenvalue weighted by molar-refractivity contribution is -0.148. The van der Waals surface area contributed by atoms with Crippen molar-refractivity contribution in [2.45, 2.75) is 89.0 Å². The zero-order valence-corrected chi connectivity index (χ0v) is 19.4. The fourth-order valence-corrected chi connectivity index (χ4v) is 8.17. The second-order valence-electron chi connectivity index (χ2n) is 9.52. The zero-order valence-electron chi connectivity index (χ0n) is 18.6. The minimum absolute atomic E-state index is 0.166. The number of nitrogens with zero attached hydrogens (tertiary/aromatic N) is 1. The summed E-state index contributed by atoms with van der Waals surface area (Å²) in [5.41, 5.74) is 0. The van der Waals surface area contributed by atoms with Gasteiger partial charge in [-0.25, -0.2) is 4.79 Å². The molecule has 5 fully saturated rings. The Morgan fingerprint density at radius 2 is 1.70 bits per heavy atom. The van der Waals surface area contributed by atoms with Crippen LogP contribution in [0.5, 0.6) is 0 Å². The molecule has 0 aromatic heterocycles. The van der Waals surface area contributed by atoms with Crippen LogP contribution in [-0.4, -0.2) is 63.0 Å². The Kier molecular flexibility index (Phi) is 8.09. The fourth-order valence-electron chi connectivity index (χ4n) is 6.33. The lowest BCUT2D eigenvalue weighted by atomic mass is 9.56. The number of carboxylic acid groups (broad SMARTS) is 1. The number of nitrogens with one attached hydrogen (secondary N) is 1. The summed E-state index contributed by atoms with van der Waals surface area (Å²) in [5, 5.41) is 9.28. The average molecular weight is 443 g/mol. The summed E-state index contributed by atoms with van der Waals surface area (Å²) in [7, 11) is 0. The van der Waals surface area contributed by atoms with Gasteiger partial charge in [0.25, 0.3) is 0 Å². The molecule has 172 valence electrons. The topological polar surface area (TPSA) is 102 Å². The molecule has 0 aromatic carbocycles. The molecule has 5 rings (SSSR count). The van der Waals surface area contributed by atoms with Crippen molar-refractivity contribution in [2.24, 2.45) is 17.8 Å². The Hall–Kier alpha value is -0.830. The van der Waals surface area contributed by atoms with Gasteiger partial charge in [-0.05, 0) is 70.6 Å². The van der Waals surface area contributed by atoms with Gasteiger partial charge >= 0.3 is 5.97 Å². The van der Waals surface area contributed by atoms with E-state index in [0.717, 1.165) is 32.5 Å². The summed E-state index contributed by atoms with van der Waals surface area (Å²) in [4.78, 5) is 25.4. The van der Waals surface area contributed by atoms with Crippen molar-refractivity contribution in [1.29, 1.82) is 0 Å². The third kappa shape index (κ3) is 5.14. The number of rotatable bonds is 7. The van der Waals surface area contributed by atoms with E-state index in [2.05, 4.69) is 4.72 Å². The van der Waals surface area contributed by atoms with Gasteiger partial charge in [-0.2, -0.15) is 0 Å². The molecule has 30 heavy (non-hydrogen) atoms.